The van der Waals surface area contributed by atoms with Crippen molar-refractivity contribution < 1.29 is 4.74 Å². The van der Waals surface area contributed by atoms with E-state index in [0.717, 1.165) is 24.4 Å². The summed E-state index contributed by atoms with van der Waals surface area (Å²) in [6, 6.07) is 8.37. The van der Waals surface area contributed by atoms with Crippen LogP contribution in [0.1, 0.15) is 30.6 Å². The molecule has 5 heteroatoms. The number of hydrogen-bond donors (Lipinski definition) is 1. The fourth-order valence-corrected chi connectivity index (χ4v) is 2.13. The molecule has 19 heavy (non-hydrogen) atoms. The van der Waals surface area contributed by atoms with Gasteiger partial charge in [0.25, 0.3) is 0 Å². The second-order valence-electron chi connectivity index (χ2n) is 4.43. The molecule has 0 aliphatic heterocycles. The van der Waals surface area contributed by atoms with E-state index in [0.29, 0.717) is 0 Å². The Kier molecular flexibility index (Phi) is 4.52. The van der Waals surface area contributed by atoms with Crippen molar-refractivity contribution in [2.24, 2.45) is 7.05 Å². The lowest BCUT2D eigenvalue weighted by Crippen LogP contribution is -2.22. The number of nitrogens with zero attached hydrogens (tertiary/aromatic N) is 3. The third-order valence-corrected chi connectivity index (χ3v) is 3.26. The molecule has 0 fully saturated rings. The summed E-state index contributed by atoms with van der Waals surface area (Å²) in [6.07, 6.45) is 2.77. The van der Waals surface area contributed by atoms with E-state index in [2.05, 4.69) is 28.6 Å². The normalized spacial score (nSPS) is 12.4. The molecule has 0 spiro atoms. The van der Waals surface area contributed by atoms with Crippen molar-refractivity contribution in [1.82, 2.24) is 20.3 Å². The maximum atomic E-state index is 5.42. The molecule has 1 atom stereocenters. The average Bonchev–Trinajstić information content (AvgIpc) is 2.85. The SMILES string of the molecule is CCC(NCc1cnnn1C)c1ccccc1OC. The second kappa shape index (κ2) is 6.33. The van der Waals surface area contributed by atoms with Crippen LogP contribution in [0.4, 0.5) is 0 Å². The lowest BCUT2D eigenvalue weighted by atomic mass is 10.0. The van der Waals surface area contributed by atoms with Gasteiger partial charge in [0.2, 0.25) is 0 Å². The minimum atomic E-state index is 0.256. The lowest BCUT2D eigenvalue weighted by Gasteiger charge is -2.19. The number of rotatable bonds is 6. The number of para-hydroxylation sites is 1. The number of nitrogens with one attached hydrogen (secondary N) is 1. The first kappa shape index (κ1) is 13.5. The average molecular weight is 260 g/mol. The first-order valence-corrected chi connectivity index (χ1v) is 6.46. The van der Waals surface area contributed by atoms with Crippen molar-refractivity contribution in [3.05, 3.63) is 41.7 Å². The van der Waals surface area contributed by atoms with Gasteiger partial charge in [-0.15, -0.1) is 5.10 Å². The minimum Gasteiger partial charge on any atom is -0.496 e. The van der Waals surface area contributed by atoms with Crippen LogP contribution in [0.5, 0.6) is 5.75 Å². The van der Waals surface area contributed by atoms with E-state index in [1.54, 1.807) is 18.0 Å². The number of aryl methyl sites for hydroxylation is 1. The summed E-state index contributed by atoms with van der Waals surface area (Å²) < 4.78 is 7.20. The van der Waals surface area contributed by atoms with Crippen molar-refractivity contribution in [2.45, 2.75) is 25.9 Å². The summed E-state index contributed by atoms with van der Waals surface area (Å²) >= 11 is 0. The van der Waals surface area contributed by atoms with Crippen LogP contribution in [0.3, 0.4) is 0 Å². The molecule has 1 aromatic carbocycles. The Morgan fingerprint density at radius 3 is 2.79 bits per heavy atom. The van der Waals surface area contributed by atoms with E-state index >= 15 is 0 Å². The highest BCUT2D eigenvalue weighted by Crippen LogP contribution is 2.26. The third-order valence-electron chi connectivity index (χ3n) is 3.26. The van der Waals surface area contributed by atoms with E-state index in [9.17, 15) is 0 Å². The Balaban J connectivity index is 2.10. The molecule has 0 bridgehead atoms. The van der Waals surface area contributed by atoms with Crippen LogP contribution in [0.25, 0.3) is 0 Å². The molecule has 2 rings (SSSR count). The fraction of sp³-hybridized carbons (Fsp3) is 0.429. The number of methoxy groups -OCH3 is 1. The van der Waals surface area contributed by atoms with Gasteiger partial charge in [-0.1, -0.05) is 30.3 Å². The summed E-state index contributed by atoms with van der Waals surface area (Å²) in [5.74, 6) is 0.921. The van der Waals surface area contributed by atoms with Crippen molar-refractivity contribution in [1.29, 1.82) is 0 Å². The quantitative estimate of drug-likeness (QED) is 0.864. The molecular weight excluding hydrogens is 240 g/mol. The maximum absolute atomic E-state index is 5.42. The van der Waals surface area contributed by atoms with Crippen LogP contribution in [-0.4, -0.2) is 22.1 Å². The van der Waals surface area contributed by atoms with Gasteiger partial charge in [0.05, 0.1) is 19.0 Å². The fourth-order valence-electron chi connectivity index (χ4n) is 2.13. The van der Waals surface area contributed by atoms with E-state index in [1.807, 2.05) is 25.2 Å². The molecule has 1 aromatic heterocycles. The van der Waals surface area contributed by atoms with Crippen molar-refractivity contribution in [3.63, 3.8) is 0 Å². The number of ether oxygens (including phenoxy) is 1. The molecule has 5 nitrogen and oxygen atoms in total. The van der Waals surface area contributed by atoms with Crippen LogP contribution in [0, 0.1) is 0 Å². The van der Waals surface area contributed by atoms with E-state index in [4.69, 9.17) is 4.74 Å². The zero-order valence-electron chi connectivity index (χ0n) is 11.6. The highest BCUT2D eigenvalue weighted by atomic mass is 16.5. The molecule has 0 saturated heterocycles. The molecule has 0 radical (unpaired) electrons. The zero-order valence-corrected chi connectivity index (χ0v) is 11.6. The monoisotopic (exact) mass is 260 g/mol. The van der Waals surface area contributed by atoms with Crippen molar-refractivity contribution >= 4 is 0 Å². The van der Waals surface area contributed by atoms with Gasteiger partial charge in [-0.3, -0.25) is 4.68 Å². The number of aromatic nitrogens is 3. The zero-order chi connectivity index (χ0) is 13.7. The largest absolute Gasteiger partial charge is 0.496 e. The smallest absolute Gasteiger partial charge is 0.123 e. The molecule has 1 N–H and O–H groups in total. The van der Waals surface area contributed by atoms with E-state index in [-0.39, 0.29) is 6.04 Å². The van der Waals surface area contributed by atoms with Gasteiger partial charge in [-0.05, 0) is 12.5 Å². The molecule has 0 amide bonds. The summed E-state index contributed by atoms with van der Waals surface area (Å²) in [7, 11) is 3.60. The van der Waals surface area contributed by atoms with Gasteiger partial charge in [-0.2, -0.15) is 0 Å². The summed E-state index contributed by atoms with van der Waals surface area (Å²) in [5, 5.41) is 11.3. The Hall–Kier alpha value is -1.88. The number of hydrogen-bond acceptors (Lipinski definition) is 4. The van der Waals surface area contributed by atoms with Gasteiger partial charge in [0.15, 0.2) is 0 Å². The van der Waals surface area contributed by atoms with Gasteiger partial charge >= 0.3 is 0 Å². The molecule has 1 heterocycles. The predicted molar refractivity (Wildman–Crippen MR) is 73.9 cm³/mol. The van der Waals surface area contributed by atoms with Gasteiger partial charge in [0, 0.05) is 25.2 Å². The van der Waals surface area contributed by atoms with Crippen LogP contribution in [0.15, 0.2) is 30.5 Å². The topological polar surface area (TPSA) is 52.0 Å². The van der Waals surface area contributed by atoms with Crippen LogP contribution >= 0.6 is 0 Å². The highest BCUT2D eigenvalue weighted by Gasteiger charge is 2.14. The first-order valence-electron chi connectivity index (χ1n) is 6.46. The van der Waals surface area contributed by atoms with Crippen LogP contribution < -0.4 is 10.1 Å². The standard InChI is InChI=1S/C14H20N4O/c1-4-13(12-7-5-6-8-14(12)19-3)15-9-11-10-16-17-18(11)2/h5-8,10,13,15H,4,9H2,1-3H3. The Labute approximate surface area is 113 Å². The molecular formula is C14H20N4O. The lowest BCUT2D eigenvalue weighted by molar-refractivity contribution is 0.395. The summed E-state index contributed by atoms with van der Waals surface area (Å²) in [5.41, 5.74) is 2.25. The summed E-state index contributed by atoms with van der Waals surface area (Å²) in [4.78, 5) is 0. The molecule has 0 aliphatic carbocycles. The molecule has 102 valence electrons. The van der Waals surface area contributed by atoms with Gasteiger partial charge in [-0.25, -0.2) is 0 Å². The number of benzene rings is 1. The highest BCUT2D eigenvalue weighted by molar-refractivity contribution is 5.35. The maximum Gasteiger partial charge on any atom is 0.123 e. The van der Waals surface area contributed by atoms with E-state index < -0.39 is 0 Å². The van der Waals surface area contributed by atoms with Gasteiger partial charge in [0.1, 0.15) is 5.75 Å². The molecule has 0 aliphatic rings. The third kappa shape index (κ3) is 3.12. The Bertz CT molecular complexity index is 524. The molecule has 2 aromatic rings. The Morgan fingerprint density at radius 2 is 2.16 bits per heavy atom. The van der Waals surface area contributed by atoms with Crippen molar-refractivity contribution in [3.8, 4) is 5.75 Å². The molecule has 1 unspecified atom stereocenters. The first-order chi connectivity index (χ1) is 9.26. The molecule has 0 saturated carbocycles. The predicted octanol–water partition coefficient (Wildman–Crippen LogP) is 2.06. The van der Waals surface area contributed by atoms with Gasteiger partial charge < -0.3 is 10.1 Å². The van der Waals surface area contributed by atoms with Crippen LogP contribution in [-0.2, 0) is 13.6 Å². The van der Waals surface area contributed by atoms with Crippen molar-refractivity contribution in [2.75, 3.05) is 7.11 Å². The summed E-state index contributed by atoms with van der Waals surface area (Å²) in [6.45, 7) is 2.89. The minimum absolute atomic E-state index is 0.256. The Morgan fingerprint density at radius 1 is 1.37 bits per heavy atom. The van der Waals surface area contributed by atoms with E-state index in [1.165, 1.54) is 5.56 Å². The van der Waals surface area contributed by atoms with Crippen LogP contribution in [0.2, 0.25) is 0 Å². The second-order valence-corrected chi connectivity index (χ2v) is 4.43.